The Labute approximate surface area is 62.3 Å². The van der Waals surface area contributed by atoms with Crippen molar-refractivity contribution in [1.82, 2.24) is 20.6 Å². The van der Waals surface area contributed by atoms with Crippen LogP contribution < -0.4 is 0 Å². The molecule has 1 rings (SSSR count). The summed E-state index contributed by atoms with van der Waals surface area (Å²) >= 11 is 0. The number of hydrogen-bond donors (Lipinski definition) is 1. The number of nitrogens with zero attached hydrogens (tertiary/aromatic N) is 3. The van der Waals surface area contributed by atoms with E-state index >= 15 is 0 Å². The fraction of sp³-hybridized carbons (Fsp3) is 0.333. The molecule has 0 saturated heterocycles. The van der Waals surface area contributed by atoms with Gasteiger partial charge in [0, 0.05) is 0 Å². The van der Waals surface area contributed by atoms with E-state index in [2.05, 4.69) is 33.9 Å². The molecule has 44 valence electrons. The molecule has 0 saturated carbocycles. The molecule has 0 bridgehead atoms. The third-order valence-corrected chi connectivity index (χ3v) is 0.239. The van der Waals surface area contributed by atoms with E-state index in [-0.39, 0.29) is 21.1 Å². The van der Waals surface area contributed by atoms with E-state index in [0.29, 0.717) is 0 Å². The molecule has 0 atom stereocenters. The molecule has 1 aromatic rings. The van der Waals surface area contributed by atoms with Crippen molar-refractivity contribution in [1.29, 1.82) is 0 Å². The molecule has 1 aromatic heterocycles. The molecule has 1 heterocycles. The van der Waals surface area contributed by atoms with E-state index in [1.165, 1.54) is 0 Å². The average molecular weight is 282 g/mol. The van der Waals surface area contributed by atoms with Gasteiger partial charge in [-0.25, -0.2) is 11.5 Å². The van der Waals surface area contributed by atoms with Crippen molar-refractivity contribution in [3.05, 3.63) is 13.3 Å². The zero-order valence-electron chi connectivity index (χ0n) is 4.46. The molecule has 0 aliphatic carbocycles. The molecule has 4 nitrogen and oxygen atoms in total. The number of hydrogen-bond acceptors (Lipinski definition) is 3. The number of H-pyrrole nitrogens is 1. The van der Waals surface area contributed by atoms with Crippen molar-refractivity contribution in [3.63, 3.8) is 0 Å². The minimum Gasteiger partial charge on any atom is -0.357 e. The summed E-state index contributed by atoms with van der Waals surface area (Å²) in [5.74, 6) is 0. The summed E-state index contributed by atoms with van der Waals surface area (Å²) in [6, 6.07) is 0. The Bertz CT molecular complexity index is 67.8. The van der Waals surface area contributed by atoms with Crippen LogP contribution in [0.3, 0.4) is 0 Å². The maximum Gasteiger partial charge on any atom is 2.00 e. The monoisotopic (exact) mass is 282 g/mol. The number of aromatic amines is 1. The van der Waals surface area contributed by atoms with Gasteiger partial charge in [0.05, 0.1) is 0 Å². The summed E-state index contributed by atoms with van der Waals surface area (Å²) < 4.78 is 0. The molecule has 0 aromatic carbocycles. The Morgan fingerprint density at radius 3 is 2.25 bits per heavy atom. The molecule has 0 aliphatic heterocycles. The normalized spacial score (nSPS) is 5.75. The molecule has 8 heavy (non-hydrogen) atoms. The van der Waals surface area contributed by atoms with Crippen LogP contribution in [0.5, 0.6) is 0 Å². The number of rotatable bonds is 0. The first-order chi connectivity index (χ1) is 3.50. The van der Waals surface area contributed by atoms with Gasteiger partial charge in [-0.05, 0) is 0 Å². The maximum atomic E-state index is 3.25. The summed E-state index contributed by atoms with van der Waals surface area (Å²) in [4.78, 5) is 0. The van der Waals surface area contributed by atoms with E-state index in [9.17, 15) is 0 Å². The zero-order valence-corrected chi connectivity index (χ0v) is 7.39. The van der Waals surface area contributed by atoms with Crippen molar-refractivity contribution in [2.45, 2.75) is 6.92 Å². The molecule has 0 aliphatic rings. The maximum absolute atomic E-state index is 3.25. The van der Waals surface area contributed by atoms with Crippen LogP contribution >= 0.6 is 0 Å². The predicted molar refractivity (Wildman–Crippen MR) is 24.0 cm³/mol. The minimum atomic E-state index is 0. The van der Waals surface area contributed by atoms with Crippen LogP contribution in [-0.2, 0) is 21.1 Å². The van der Waals surface area contributed by atoms with Crippen molar-refractivity contribution >= 4 is 0 Å². The van der Waals surface area contributed by atoms with E-state index in [0.717, 1.165) is 0 Å². The summed E-state index contributed by atoms with van der Waals surface area (Å²) in [5, 5.41) is 11.8. The number of aromatic nitrogens is 4. The Hall–Kier alpha value is -0.242. The topological polar surface area (TPSA) is 54.5 Å². The van der Waals surface area contributed by atoms with Gasteiger partial charge in [-0.2, -0.15) is 6.92 Å². The van der Waals surface area contributed by atoms with Gasteiger partial charge in [0.2, 0.25) is 0 Å². The first-order valence-electron chi connectivity index (χ1n) is 1.80. The Balaban J connectivity index is 0. The van der Waals surface area contributed by atoms with Gasteiger partial charge >= 0.3 is 21.1 Å². The second kappa shape index (κ2) is 9.90. The largest absolute Gasteiger partial charge is 2.00 e. The molecule has 5 heteroatoms. The van der Waals surface area contributed by atoms with Crippen LogP contribution in [0, 0.1) is 13.3 Å². The van der Waals surface area contributed by atoms with Crippen LogP contribution in [0.4, 0.5) is 0 Å². The third-order valence-electron chi connectivity index (χ3n) is 0.239. The molecule has 0 amide bonds. The van der Waals surface area contributed by atoms with Gasteiger partial charge in [0.1, 0.15) is 0 Å². The van der Waals surface area contributed by atoms with Gasteiger partial charge < -0.3 is 17.1 Å². The first kappa shape index (κ1) is 10.7. The van der Waals surface area contributed by atoms with Gasteiger partial charge in [-0.1, -0.05) is 5.21 Å². The summed E-state index contributed by atoms with van der Waals surface area (Å²) in [7, 11) is 0. The van der Waals surface area contributed by atoms with Crippen molar-refractivity contribution < 1.29 is 21.1 Å². The van der Waals surface area contributed by atoms with E-state index in [4.69, 9.17) is 0 Å². The molecular formula is C3H6N4W. The fourth-order valence-corrected chi connectivity index (χ4v) is 0.112. The molecular weight excluding hydrogens is 276 g/mol. The molecule has 0 fully saturated rings. The first-order valence-corrected chi connectivity index (χ1v) is 1.80. The van der Waals surface area contributed by atoms with Crippen LogP contribution in [0.15, 0.2) is 0 Å². The standard InChI is InChI=1S/C2H5.CHN4.W/c1-2;1-2-4-5-3-1;/h1H2,2H3;(H,2,3,4,5);/q2*-1;+2. The van der Waals surface area contributed by atoms with Gasteiger partial charge in [-0.3, -0.25) is 0 Å². The fourth-order valence-electron chi connectivity index (χ4n) is 0.112. The Morgan fingerprint density at radius 2 is 2.12 bits per heavy atom. The minimum absolute atomic E-state index is 0. The molecule has 0 spiro atoms. The van der Waals surface area contributed by atoms with Crippen molar-refractivity contribution in [3.8, 4) is 0 Å². The van der Waals surface area contributed by atoms with Gasteiger partial charge in [-0.15, -0.1) is 0 Å². The predicted octanol–water partition coefficient (Wildman–Crippen LogP) is -0.162. The number of nitrogens with one attached hydrogen (secondary N) is 1. The van der Waals surface area contributed by atoms with Crippen LogP contribution in [-0.4, -0.2) is 20.6 Å². The number of tetrazole rings is 1. The SMILES string of the molecule is [CH2-]C.[W+2].[c-]1nn[nH]n1. The Kier molecular flexibility index (Phi) is 13.2. The summed E-state index contributed by atoms with van der Waals surface area (Å²) in [6.45, 7) is 5.00. The Morgan fingerprint density at radius 1 is 1.50 bits per heavy atom. The zero-order chi connectivity index (χ0) is 5.54. The van der Waals surface area contributed by atoms with E-state index < -0.39 is 0 Å². The quantitative estimate of drug-likeness (QED) is 0.673. The smallest absolute Gasteiger partial charge is 0.357 e. The molecule has 1 N–H and O–H groups in total. The summed E-state index contributed by atoms with van der Waals surface area (Å²) in [6.07, 6.45) is 2.19. The van der Waals surface area contributed by atoms with Crippen molar-refractivity contribution in [2.75, 3.05) is 0 Å². The second-order valence-corrected chi connectivity index (χ2v) is 0.512. The average Bonchev–Trinajstić information content (AvgIpc) is 2.23. The van der Waals surface area contributed by atoms with Gasteiger partial charge in [0.15, 0.2) is 0 Å². The van der Waals surface area contributed by atoms with Crippen LogP contribution in [0.25, 0.3) is 0 Å². The third kappa shape index (κ3) is 5.76. The van der Waals surface area contributed by atoms with Gasteiger partial charge in [0.25, 0.3) is 0 Å². The van der Waals surface area contributed by atoms with Crippen LogP contribution in [0.2, 0.25) is 0 Å². The summed E-state index contributed by atoms with van der Waals surface area (Å²) in [5.41, 5.74) is 0. The molecule has 0 radical (unpaired) electrons. The van der Waals surface area contributed by atoms with E-state index in [1.807, 2.05) is 0 Å². The second-order valence-electron chi connectivity index (χ2n) is 0.512. The van der Waals surface area contributed by atoms with E-state index in [1.54, 1.807) is 6.92 Å². The molecule has 0 unspecified atom stereocenters. The van der Waals surface area contributed by atoms with Crippen LogP contribution in [0.1, 0.15) is 6.92 Å². The van der Waals surface area contributed by atoms with Crippen molar-refractivity contribution in [2.24, 2.45) is 0 Å².